The van der Waals surface area contributed by atoms with E-state index in [1.165, 1.54) is 0 Å². The van der Waals surface area contributed by atoms with E-state index in [4.69, 9.17) is 11.6 Å². The minimum atomic E-state index is -0.970. The largest absolute Gasteiger partial charge is 0.478 e. The van der Waals surface area contributed by atoms with Crippen molar-refractivity contribution in [3.63, 3.8) is 0 Å². The highest BCUT2D eigenvalue weighted by Crippen LogP contribution is 2.25. The molecule has 0 bridgehead atoms. The molecule has 4 heteroatoms. The fourth-order valence-corrected chi connectivity index (χ4v) is 2.75. The van der Waals surface area contributed by atoms with Gasteiger partial charge in [0.1, 0.15) is 0 Å². The quantitative estimate of drug-likeness (QED) is 0.584. The molecule has 24 heavy (non-hydrogen) atoms. The second kappa shape index (κ2) is 8.02. The third-order valence-electron chi connectivity index (χ3n) is 4.05. The van der Waals surface area contributed by atoms with Gasteiger partial charge < -0.3 is 10.0 Å². The SMILES string of the molecule is CCN(CC)c1ccc(/C=C(\C(=O)O)c2ccc(C)c(Cl)c2)cc1. The zero-order chi connectivity index (χ0) is 17.7. The molecule has 2 aromatic carbocycles. The molecule has 0 fully saturated rings. The number of hydrogen-bond donors (Lipinski definition) is 1. The van der Waals surface area contributed by atoms with Crippen molar-refractivity contribution in [2.45, 2.75) is 20.8 Å². The molecule has 0 aliphatic carbocycles. The average molecular weight is 344 g/mol. The molecule has 0 saturated carbocycles. The molecular formula is C20H22ClNO2. The van der Waals surface area contributed by atoms with Crippen LogP contribution in [0.2, 0.25) is 5.02 Å². The Morgan fingerprint density at radius 2 is 1.75 bits per heavy atom. The molecule has 2 rings (SSSR count). The van der Waals surface area contributed by atoms with Gasteiger partial charge in [0.15, 0.2) is 0 Å². The molecule has 3 nitrogen and oxygen atoms in total. The van der Waals surface area contributed by atoms with Crippen molar-refractivity contribution < 1.29 is 9.90 Å². The summed E-state index contributed by atoms with van der Waals surface area (Å²) in [6.07, 6.45) is 1.68. The van der Waals surface area contributed by atoms with Gasteiger partial charge in [-0.25, -0.2) is 4.79 Å². The van der Waals surface area contributed by atoms with E-state index in [0.717, 1.165) is 29.9 Å². The van der Waals surface area contributed by atoms with E-state index in [9.17, 15) is 9.90 Å². The van der Waals surface area contributed by atoms with Crippen molar-refractivity contribution in [1.29, 1.82) is 0 Å². The number of rotatable bonds is 6. The minimum Gasteiger partial charge on any atom is -0.478 e. The molecule has 0 saturated heterocycles. The second-order valence-corrected chi connectivity index (χ2v) is 6.00. The molecule has 1 N–H and O–H groups in total. The molecule has 0 aliphatic heterocycles. The van der Waals surface area contributed by atoms with Gasteiger partial charge in [0.25, 0.3) is 0 Å². The maximum atomic E-state index is 11.6. The Morgan fingerprint density at radius 1 is 1.12 bits per heavy atom. The maximum absolute atomic E-state index is 11.6. The number of carboxylic acid groups (broad SMARTS) is 1. The van der Waals surface area contributed by atoms with E-state index in [1.54, 1.807) is 18.2 Å². The summed E-state index contributed by atoms with van der Waals surface area (Å²) in [7, 11) is 0. The predicted octanol–water partition coefficient (Wildman–Crippen LogP) is 5.12. The molecule has 0 unspecified atom stereocenters. The van der Waals surface area contributed by atoms with E-state index in [2.05, 4.69) is 18.7 Å². The van der Waals surface area contributed by atoms with Crippen LogP contribution in [0.5, 0.6) is 0 Å². The smallest absolute Gasteiger partial charge is 0.336 e. The number of aryl methyl sites for hydroxylation is 1. The Morgan fingerprint density at radius 3 is 2.25 bits per heavy atom. The molecular weight excluding hydrogens is 322 g/mol. The van der Waals surface area contributed by atoms with Crippen LogP contribution in [0.25, 0.3) is 11.6 Å². The van der Waals surface area contributed by atoms with Crippen LogP contribution < -0.4 is 4.90 Å². The molecule has 0 amide bonds. The number of nitrogens with zero attached hydrogens (tertiary/aromatic N) is 1. The lowest BCUT2D eigenvalue weighted by atomic mass is 10.0. The van der Waals surface area contributed by atoms with Crippen LogP contribution in [-0.4, -0.2) is 24.2 Å². The lowest BCUT2D eigenvalue weighted by molar-refractivity contribution is -0.130. The number of aliphatic carboxylic acids is 1. The highest BCUT2D eigenvalue weighted by atomic mass is 35.5. The fourth-order valence-electron chi connectivity index (χ4n) is 2.57. The van der Waals surface area contributed by atoms with Crippen molar-refractivity contribution in [2.24, 2.45) is 0 Å². The van der Waals surface area contributed by atoms with Crippen molar-refractivity contribution in [2.75, 3.05) is 18.0 Å². The zero-order valence-electron chi connectivity index (χ0n) is 14.2. The molecule has 0 radical (unpaired) electrons. The Hall–Kier alpha value is -2.26. The van der Waals surface area contributed by atoms with Gasteiger partial charge in [0.05, 0.1) is 5.57 Å². The predicted molar refractivity (Wildman–Crippen MR) is 102 cm³/mol. The molecule has 0 spiro atoms. The first-order valence-electron chi connectivity index (χ1n) is 8.02. The van der Waals surface area contributed by atoms with Crippen molar-refractivity contribution >= 4 is 34.9 Å². The molecule has 0 heterocycles. The normalized spacial score (nSPS) is 11.4. The van der Waals surface area contributed by atoms with E-state index in [1.807, 2.05) is 37.3 Å². The number of hydrogen-bond acceptors (Lipinski definition) is 2. The van der Waals surface area contributed by atoms with Crippen LogP contribution in [0.4, 0.5) is 5.69 Å². The number of benzene rings is 2. The third kappa shape index (κ3) is 4.18. The fraction of sp³-hybridized carbons (Fsp3) is 0.250. The maximum Gasteiger partial charge on any atom is 0.336 e. The highest BCUT2D eigenvalue weighted by Gasteiger charge is 2.12. The van der Waals surface area contributed by atoms with E-state index >= 15 is 0 Å². The van der Waals surface area contributed by atoms with Crippen molar-refractivity contribution in [3.05, 3.63) is 64.2 Å². The summed E-state index contributed by atoms with van der Waals surface area (Å²) in [5, 5.41) is 10.1. The van der Waals surface area contributed by atoms with Crippen LogP contribution in [-0.2, 0) is 4.79 Å². The van der Waals surface area contributed by atoms with Crippen LogP contribution in [0.3, 0.4) is 0 Å². The summed E-state index contributed by atoms with van der Waals surface area (Å²) >= 11 is 6.13. The van der Waals surface area contributed by atoms with Gasteiger partial charge in [-0.3, -0.25) is 0 Å². The van der Waals surface area contributed by atoms with E-state index < -0.39 is 5.97 Å². The molecule has 0 atom stereocenters. The second-order valence-electron chi connectivity index (χ2n) is 5.59. The topological polar surface area (TPSA) is 40.5 Å². The monoisotopic (exact) mass is 343 g/mol. The van der Waals surface area contributed by atoms with Gasteiger partial charge in [-0.15, -0.1) is 0 Å². The van der Waals surface area contributed by atoms with Gasteiger partial charge >= 0.3 is 5.97 Å². The summed E-state index contributed by atoms with van der Waals surface area (Å²) in [4.78, 5) is 13.9. The average Bonchev–Trinajstić information content (AvgIpc) is 2.57. The summed E-state index contributed by atoms with van der Waals surface area (Å²) in [5.41, 5.74) is 3.74. The van der Waals surface area contributed by atoms with E-state index in [-0.39, 0.29) is 5.57 Å². The molecule has 0 aromatic heterocycles. The summed E-state index contributed by atoms with van der Waals surface area (Å²) in [6, 6.07) is 13.2. The van der Waals surface area contributed by atoms with Gasteiger partial charge in [-0.05, 0) is 61.7 Å². The molecule has 0 aliphatic rings. The Bertz CT molecular complexity index is 747. The summed E-state index contributed by atoms with van der Waals surface area (Å²) < 4.78 is 0. The standard InChI is InChI=1S/C20H22ClNO2/c1-4-22(5-2)17-10-7-15(8-11-17)12-18(20(23)24)16-9-6-14(3)19(21)13-16/h6-13H,4-5H2,1-3H3,(H,23,24)/b18-12-. The van der Waals surface area contributed by atoms with Crippen molar-refractivity contribution in [1.82, 2.24) is 0 Å². The number of halogens is 1. The first kappa shape index (κ1) is 18.1. The van der Waals surface area contributed by atoms with Gasteiger partial charge in [0.2, 0.25) is 0 Å². The van der Waals surface area contributed by atoms with Crippen LogP contribution in [0.15, 0.2) is 42.5 Å². The first-order chi connectivity index (χ1) is 11.5. The lowest BCUT2D eigenvalue weighted by Gasteiger charge is -2.20. The number of anilines is 1. The number of carbonyl (C=O) groups is 1. The lowest BCUT2D eigenvalue weighted by Crippen LogP contribution is -2.21. The first-order valence-corrected chi connectivity index (χ1v) is 8.40. The highest BCUT2D eigenvalue weighted by molar-refractivity contribution is 6.32. The van der Waals surface area contributed by atoms with Crippen LogP contribution >= 0.6 is 11.6 Å². The summed E-state index contributed by atoms with van der Waals surface area (Å²) in [6.45, 7) is 7.99. The molecule has 2 aromatic rings. The van der Waals surface area contributed by atoms with Gasteiger partial charge in [0, 0.05) is 23.8 Å². The Balaban J connectivity index is 2.37. The third-order valence-corrected chi connectivity index (χ3v) is 4.45. The summed E-state index contributed by atoms with van der Waals surface area (Å²) in [5.74, 6) is -0.970. The Labute approximate surface area is 148 Å². The molecule has 126 valence electrons. The Kier molecular flexibility index (Phi) is 6.04. The zero-order valence-corrected chi connectivity index (χ0v) is 15.0. The van der Waals surface area contributed by atoms with Gasteiger partial charge in [-0.1, -0.05) is 35.9 Å². The van der Waals surface area contributed by atoms with Crippen molar-refractivity contribution in [3.8, 4) is 0 Å². The minimum absolute atomic E-state index is 0.229. The number of carboxylic acids is 1. The van der Waals surface area contributed by atoms with Crippen LogP contribution in [0.1, 0.15) is 30.5 Å². The van der Waals surface area contributed by atoms with E-state index in [0.29, 0.717) is 10.6 Å². The van der Waals surface area contributed by atoms with Gasteiger partial charge in [-0.2, -0.15) is 0 Å². The van der Waals surface area contributed by atoms with Crippen LogP contribution in [0, 0.1) is 6.92 Å².